The van der Waals surface area contributed by atoms with Gasteiger partial charge in [-0.2, -0.15) is 0 Å². The number of aromatic nitrogens is 4. The predicted molar refractivity (Wildman–Crippen MR) is 418 cm³/mol. The van der Waals surface area contributed by atoms with E-state index in [9.17, 15) is 0 Å². The number of fused-ring (bicyclic) bond motifs is 12. The fourth-order valence-corrected chi connectivity index (χ4v) is 17.1. The molecule has 0 unspecified atom stereocenters. The van der Waals surface area contributed by atoms with Gasteiger partial charge >= 0.3 is 0 Å². The molecular weight excluding hydrogens is 1260 g/mol. The van der Waals surface area contributed by atoms with Crippen molar-refractivity contribution in [1.29, 1.82) is 0 Å². The van der Waals surface area contributed by atoms with Gasteiger partial charge in [-0.3, -0.25) is 0 Å². The van der Waals surface area contributed by atoms with Crippen molar-refractivity contribution in [2.24, 2.45) is 0 Å². The van der Waals surface area contributed by atoms with Crippen molar-refractivity contribution >= 4 is 107 Å². The summed E-state index contributed by atoms with van der Waals surface area (Å²) in [4.78, 5) is 22.1. The van der Waals surface area contributed by atoms with Gasteiger partial charge in [-0.15, -0.1) is 22.7 Å². The van der Waals surface area contributed by atoms with E-state index in [-0.39, 0.29) is 0 Å². The minimum Gasteiger partial charge on any atom is -0.455 e. The van der Waals surface area contributed by atoms with Crippen LogP contribution in [-0.2, 0) is 0 Å². The van der Waals surface area contributed by atoms with Gasteiger partial charge < -0.3 is 8.83 Å². The topological polar surface area (TPSA) is 77.8 Å². The molecule has 6 nitrogen and oxygen atoms in total. The van der Waals surface area contributed by atoms with Crippen molar-refractivity contribution in [2.45, 2.75) is 0 Å². The van der Waals surface area contributed by atoms with Crippen LogP contribution in [0.3, 0.4) is 0 Å². The standard InChI is InChI=1S/C92H54N4O2S2/c1-4-20-55(21-5-1)61-46-62(56-22-6-2-7-23-56)49-65(48-61)79-53-80(96-92(93-79)77-36-17-29-70-67-26-10-13-37-83(67)97-88(70)77)74-33-16-30-71-78-52-60(44-45-84(78)98-87(71)74)58-40-42-59(43-41-58)64-47-63(57-24-8-3-9-25-57)50-66(51-64)91-94-81(75-34-18-31-72-68-27-11-14-38-85(68)99-89(72)75)54-82(95-91)76-35-19-32-73-69-28-12-15-39-86(69)100-90(73)76/h1-54H. The minimum atomic E-state index is 0.552. The first-order valence-electron chi connectivity index (χ1n) is 33.5. The molecule has 0 atom stereocenters. The predicted octanol–water partition coefficient (Wildman–Crippen LogP) is 26.1. The lowest BCUT2D eigenvalue weighted by molar-refractivity contribution is 0.669. The molecular formula is C92H54N4O2S2. The SMILES string of the molecule is c1ccc(-c2cc(-c3ccccc3)cc(-c3cc(-c4cccc5c4oc4ccc(-c6ccc(-c7cc(-c8ccccc8)cc(-c8nc(-c9cccc%10c9sc9ccccc9%10)cc(-c9cccc%10c9sc9ccccc9%10)n8)c7)cc6)cc45)nc(-c4cccc5c4oc4ccccc45)n3)c2)cc1. The highest BCUT2D eigenvalue weighted by Crippen LogP contribution is 2.46. The third-order valence-electron chi connectivity index (χ3n) is 19.5. The van der Waals surface area contributed by atoms with E-state index in [2.05, 4.69) is 309 Å². The number of thiophene rings is 2. The molecule has 0 amide bonds. The molecule has 8 heteroatoms. The number of hydrogen-bond donors (Lipinski definition) is 0. The molecule has 0 aliphatic rings. The van der Waals surface area contributed by atoms with E-state index in [1.54, 1.807) is 0 Å². The number of hydrogen-bond acceptors (Lipinski definition) is 8. The Balaban J connectivity index is 0.701. The van der Waals surface area contributed by atoms with Crippen molar-refractivity contribution in [3.63, 3.8) is 0 Å². The van der Waals surface area contributed by atoms with E-state index in [4.69, 9.17) is 28.8 Å². The van der Waals surface area contributed by atoms with Crippen molar-refractivity contribution in [1.82, 2.24) is 19.9 Å². The van der Waals surface area contributed by atoms with Gasteiger partial charge in [-0.1, -0.05) is 237 Å². The van der Waals surface area contributed by atoms with E-state index < -0.39 is 0 Å². The molecule has 20 aromatic rings. The van der Waals surface area contributed by atoms with Gasteiger partial charge in [0, 0.05) is 89.7 Å². The van der Waals surface area contributed by atoms with E-state index in [1.807, 2.05) is 40.9 Å². The first kappa shape index (κ1) is 57.5. The summed E-state index contributed by atoms with van der Waals surface area (Å²) in [5.41, 5.74) is 23.0. The molecule has 0 spiro atoms. The maximum Gasteiger partial charge on any atom is 0.164 e. The fraction of sp³-hybridized carbons (Fsp3) is 0. The molecule has 0 aliphatic heterocycles. The second kappa shape index (κ2) is 23.5. The lowest BCUT2D eigenvalue weighted by Gasteiger charge is -2.14. The first-order chi connectivity index (χ1) is 49.5. The first-order valence-corrected chi connectivity index (χ1v) is 35.2. The molecule has 0 saturated heterocycles. The Morgan fingerprint density at radius 1 is 0.200 bits per heavy atom. The zero-order valence-corrected chi connectivity index (χ0v) is 55.2. The number of benzene rings is 14. The molecule has 0 radical (unpaired) electrons. The van der Waals surface area contributed by atoms with Crippen LogP contribution in [-0.4, -0.2) is 19.9 Å². The zero-order chi connectivity index (χ0) is 65.8. The smallest absolute Gasteiger partial charge is 0.164 e. The number of rotatable bonds is 11. The largest absolute Gasteiger partial charge is 0.455 e. The molecule has 6 aromatic heterocycles. The molecule has 466 valence electrons. The van der Waals surface area contributed by atoms with Crippen molar-refractivity contribution in [3.8, 4) is 123 Å². The molecule has 0 saturated carbocycles. The monoisotopic (exact) mass is 1310 g/mol. The molecule has 20 rings (SSSR count). The summed E-state index contributed by atoms with van der Waals surface area (Å²) < 4.78 is 18.6. The molecule has 0 fully saturated rings. The maximum atomic E-state index is 7.00. The van der Waals surface area contributed by atoms with Crippen LogP contribution in [0.15, 0.2) is 336 Å². The Morgan fingerprint density at radius 2 is 0.570 bits per heavy atom. The summed E-state index contributed by atoms with van der Waals surface area (Å²) in [6.45, 7) is 0. The second-order valence-corrected chi connectivity index (χ2v) is 27.6. The van der Waals surface area contributed by atoms with Crippen LogP contribution in [0.1, 0.15) is 0 Å². The number of nitrogens with zero attached hydrogens (tertiary/aromatic N) is 4. The van der Waals surface area contributed by atoms with Gasteiger partial charge in [0.25, 0.3) is 0 Å². The summed E-state index contributed by atoms with van der Waals surface area (Å²) in [7, 11) is 0. The summed E-state index contributed by atoms with van der Waals surface area (Å²) in [5.74, 6) is 1.21. The van der Waals surface area contributed by atoms with Gasteiger partial charge in [0.15, 0.2) is 11.6 Å². The molecule has 0 N–H and O–H groups in total. The average molecular weight is 1310 g/mol. The highest BCUT2D eigenvalue weighted by atomic mass is 32.1. The quantitative estimate of drug-likeness (QED) is 0.128. The minimum absolute atomic E-state index is 0.552. The van der Waals surface area contributed by atoms with Crippen molar-refractivity contribution < 1.29 is 8.83 Å². The molecule has 6 heterocycles. The third-order valence-corrected chi connectivity index (χ3v) is 22.0. The van der Waals surface area contributed by atoms with Crippen LogP contribution in [0.5, 0.6) is 0 Å². The van der Waals surface area contributed by atoms with Crippen LogP contribution in [0.4, 0.5) is 0 Å². The molecule has 14 aromatic carbocycles. The van der Waals surface area contributed by atoms with Crippen molar-refractivity contribution in [3.05, 3.63) is 328 Å². The van der Waals surface area contributed by atoms with Crippen LogP contribution in [0, 0.1) is 0 Å². The van der Waals surface area contributed by atoms with E-state index in [1.165, 1.54) is 40.3 Å². The molecule has 100 heavy (non-hydrogen) atoms. The Bertz CT molecular complexity index is 6460. The fourth-order valence-electron chi connectivity index (χ4n) is 14.7. The van der Waals surface area contributed by atoms with Crippen LogP contribution in [0.25, 0.3) is 208 Å². The summed E-state index contributed by atoms with van der Waals surface area (Å²) >= 11 is 3.64. The van der Waals surface area contributed by atoms with Crippen LogP contribution in [0.2, 0.25) is 0 Å². The second-order valence-electron chi connectivity index (χ2n) is 25.5. The average Bonchev–Trinajstić information content (AvgIpc) is 1.50. The van der Waals surface area contributed by atoms with Crippen LogP contribution >= 0.6 is 22.7 Å². The normalized spacial score (nSPS) is 11.8. The summed E-state index contributed by atoms with van der Waals surface area (Å²) in [5, 5.41) is 9.02. The highest BCUT2D eigenvalue weighted by molar-refractivity contribution is 7.26. The summed E-state index contributed by atoms with van der Waals surface area (Å²) in [6.07, 6.45) is 0. The third kappa shape index (κ3) is 9.91. The number of furan rings is 2. The maximum absolute atomic E-state index is 7.00. The van der Waals surface area contributed by atoms with Gasteiger partial charge in [0.1, 0.15) is 22.3 Å². The Kier molecular flexibility index (Phi) is 13.5. The Morgan fingerprint density at radius 3 is 1.14 bits per heavy atom. The van der Waals surface area contributed by atoms with Gasteiger partial charge in [-0.25, -0.2) is 19.9 Å². The summed E-state index contributed by atoms with van der Waals surface area (Å²) in [6, 6.07) is 116. The molecule has 0 aliphatic carbocycles. The lowest BCUT2D eigenvalue weighted by Crippen LogP contribution is -1.97. The highest BCUT2D eigenvalue weighted by Gasteiger charge is 2.23. The van der Waals surface area contributed by atoms with Gasteiger partial charge in [-0.05, 0) is 147 Å². The molecule has 0 bridgehead atoms. The van der Waals surface area contributed by atoms with E-state index >= 15 is 0 Å². The van der Waals surface area contributed by atoms with Crippen molar-refractivity contribution in [2.75, 3.05) is 0 Å². The van der Waals surface area contributed by atoms with E-state index in [0.29, 0.717) is 11.6 Å². The Labute approximate surface area is 582 Å². The van der Waals surface area contributed by atoms with Gasteiger partial charge in [0.05, 0.1) is 28.3 Å². The van der Waals surface area contributed by atoms with Gasteiger partial charge in [0.2, 0.25) is 0 Å². The zero-order valence-electron chi connectivity index (χ0n) is 53.6. The Hall–Kier alpha value is -12.7. The van der Waals surface area contributed by atoms with Crippen LogP contribution < -0.4 is 0 Å². The lowest BCUT2D eigenvalue weighted by atomic mass is 9.94. The number of para-hydroxylation sites is 3. The van der Waals surface area contributed by atoms with E-state index in [0.717, 1.165) is 156 Å².